The van der Waals surface area contributed by atoms with Crippen LogP contribution in [0.15, 0.2) is 27.7 Å². The Hall–Kier alpha value is -1.50. The average Bonchev–Trinajstić information content (AvgIpc) is 3.22. The van der Waals surface area contributed by atoms with E-state index >= 15 is 0 Å². The van der Waals surface area contributed by atoms with Crippen LogP contribution in [0, 0.1) is 11.8 Å². The predicted molar refractivity (Wildman–Crippen MR) is 106 cm³/mol. The number of nitrogens with zero attached hydrogens (tertiary/aromatic N) is 2. The summed E-state index contributed by atoms with van der Waals surface area (Å²) in [5, 5.41) is 4.82. The van der Waals surface area contributed by atoms with Crippen LogP contribution in [-0.2, 0) is 0 Å². The molecule has 0 amide bonds. The van der Waals surface area contributed by atoms with E-state index < -0.39 is 0 Å². The summed E-state index contributed by atoms with van der Waals surface area (Å²) in [6, 6.07) is 4.20. The standard InChI is InChI=1S/C19H23N3OS2/c1-11-7-12(2)9-22(8-11)13(3)17-20-18(23)16-14(10-25-19(16)21-17)15-5-4-6-24-15/h4-6,10-13H,7-9H2,1-3H3,(H,20,21,23)/t11-,12+,13-/m0/s1. The predicted octanol–water partition coefficient (Wildman–Crippen LogP) is 4.75. The van der Waals surface area contributed by atoms with Crippen molar-refractivity contribution < 1.29 is 0 Å². The molecule has 1 aliphatic heterocycles. The highest BCUT2D eigenvalue weighted by atomic mass is 32.1. The SMILES string of the molecule is C[C@@H]1C[C@H](C)CN([C@@H](C)c2nc3scc(-c4cccs4)c3c(=O)[nH]2)C1. The monoisotopic (exact) mass is 373 g/mol. The second-order valence-corrected chi connectivity index (χ2v) is 9.14. The number of rotatable bonds is 3. The first-order chi connectivity index (χ1) is 12.0. The Balaban J connectivity index is 1.71. The molecule has 0 unspecified atom stereocenters. The Bertz CT molecular complexity index is 918. The first-order valence-corrected chi connectivity index (χ1v) is 10.6. The van der Waals surface area contributed by atoms with Crippen molar-refractivity contribution >= 4 is 32.9 Å². The molecule has 1 fully saturated rings. The van der Waals surface area contributed by atoms with Crippen LogP contribution in [-0.4, -0.2) is 28.0 Å². The lowest BCUT2D eigenvalue weighted by Gasteiger charge is -2.38. The van der Waals surface area contributed by atoms with E-state index in [1.165, 1.54) is 6.42 Å². The quantitative estimate of drug-likeness (QED) is 0.720. The molecule has 6 heteroatoms. The molecule has 0 saturated carbocycles. The summed E-state index contributed by atoms with van der Waals surface area (Å²) in [6.45, 7) is 8.90. The number of aromatic amines is 1. The highest BCUT2D eigenvalue weighted by molar-refractivity contribution is 7.18. The van der Waals surface area contributed by atoms with Crippen LogP contribution in [0.1, 0.15) is 39.1 Å². The first kappa shape index (κ1) is 16.9. The zero-order valence-electron chi connectivity index (χ0n) is 14.8. The Morgan fingerprint density at radius 3 is 2.72 bits per heavy atom. The number of thiophene rings is 2. The molecule has 4 heterocycles. The number of nitrogens with one attached hydrogen (secondary N) is 1. The number of aromatic nitrogens is 2. The number of hydrogen-bond donors (Lipinski definition) is 1. The van der Waals surface area contributed by atoms with Gasteiger partial charge in [-0.3, -0.25) is 9.69 Å². The normalized spacial score (nSPS) is 23.2. The summed E-state index contributed by atoms with van der Waals surface area (Å²) in [6.07, 6.45) is 1.28. The van der Waals surface area contributed by atoms with Crippen LogP contribution < -0.4 is 5.56 Å². The first-order valence-electron chi connectivity index (χ1n) is 8.82. The molecule has 0 aromatic carbocycles. The number of H-pyrrole nitrogens is 1. The molecular formula is C19H23N3OS2. The van der Waals surface area contributed by atoms with Gasteiger partial charge in [-0.15, -0.1) is 22.7 Å². The molecule has 4 rings (SSSR count). The number of piperidine rings is 1. The lowest BCUT2D eigenvalue weighted by atomic mass is 9.91. The minimum Gasteiger partial charge on any atom is -0.309 e. The van der Waals surface area contributed by atoms with Crippen molar-refractivity contribution in [1.82, 2.24) is 14.9 Å². The fourth-order valence-electron chi connectivity index (χ4n) is 3.98. The fraction of sp³-hybridized carbons (Fsp3) is 0.474. The van der Waals surface area contributed by atoms with Crippen LogP contribution in [0.3, 0.4) is 0 Å². The van der Waals surface area contributed by atoms with Crippen molar-refractivity contribution in [3.05, 3.63) is 39.1 Å². The van der Waals surface area contributed by atoms with E-state index in [9.17, 15) is 4.79 Å². The zero-order chi connectivity index (χ0) is 17.6. The molecule has 3 aromatic rings. The van der Waals surface area contributed by atoms with Crippen LogP contribution in [0.5, 0.6) is 0 Å². The van der Waals surface area contributed by atoms with Crippen LogP contribution in [0.25, 0.3) is 20.7 Å². The van der Waals surface area contributed by atoms with Gasteiger partial charge in [0.15, 0.2) is 0 Å². The highest BCUT2D eigenvalue weighted by Gasteiger charge is 2.27. The van der Waals surface area contributed by atoms with Crippen LogP contribution in [0.4, 0.5) is 0 Å². The van der Waals surface area contributed by atoms with E-state index in [4.69, 9.17) is 4.98 Å². The molecule has 1 saturated heterocycles. The van der Waals surface area contributed by atoms with Gasteiger partial charge in [-0.05, 0) is 36.6 Å². The zero-order valence-corrected chi connectivity index (χ0v) is 16.4. The van der Waals surface area contributed by atoms with E-state index in [0.717, 1.165) is 39.6 Å². The Kier molecular flexibility index (Phi) is 4.52. The maximum Gasteiger partial charge on any atom is 0.260 e. The molecule has 0 radical (unpaired) electrons. The van der Waals surface area contributed by atoms with Gasteiger partial charge in [0.1, 0.15) is 10.7 Å². The highest BCUT2D eigenvalue weighted by Crippen LogP contribution is 2.34. The summed E-state index contributed by atoms with van der Waals surface area (Å²) in [4.78, 5) is 25.1. The summed E-state index contributed by atoms with van der Waals surface area (Å²) in [5.41, 5.74) is 0.984. The van der Waals surface area contributed by atoms with Gasteiger partial charge in [-0.1, -0.05) is 19.9 Å². The van der Waals surface area contributed by atoms with Crippen molar-refractivity contribution in [3.63, 3.8) is 0 Å². The third kappa shape index (κ3) is 3.18. The number of fused-ring (bicyclic) bond motifs is 1. The lowest BCUT2D eigenvalue weighted by molar-refractivity contribution is 0.0992. The molecule has 0 bridgehead atoms. The van der Waals surface area contributed by atoms with E-state index in [2.05, 4.69) is 42.1 Å². The molecule has 4 nitrogen and oxygen atoms in total. The summed E-state index contributed by atoms with van der Waals surface area (Å²) < 4.78 is 0. The van der Waals surface area contributed by atoms with E-state index in [0.29, 0.717) is 11.8 Å². The van der Waals surface area contributed by atoms with Crippen molar-refractivity contribution in [2.24, 2.45) is 11.8 Å². The van der Waals surface area contributed by atoms with Crippen molar-refractivity contribution in [3.8, 4) is 10.4 Å². The Morgan fingerprint density at radius 1 is 1.28 bits per heavy atom. The maximum absolute atomic E-state index is 12.8. The lowest BCUT2D eigenvalue weighted by Crippen LogP contribution is -2.41. The molecular weight excluding hydrogens is 350 g/mol. The van der Waals surface area contributed by atoms with Crippen molar-refractivity contribution in [1.29, 1.82) is 0 Å². The third-order valence-electron chi connectivity index (χ3n) is 5.09. The average molecular weight is 374 g/mol. The molecule has 1 aliphatic rings. The summed E-state index contributed by atoms with van der Waals surface area (Å²) in [5.74, 6) is 2.17. The summed E-state index contributed by atoms with van der Waals surface area (Å²) >= 11 is 3.22. The fourth-order valence-corrected chi connectivity index (χ4v) is 5.75. The van der Waals surface area contributed by atoms with Gasteiger partial charge in [-0.2, -0.15) is 0 Å². The van der Waals surface area contributed by atoms with Gasteiger partial charge < -0.3 is 4.98 Å². The topological polar surface area (TPSA) is 49.0 Å². The second-order valence-electron chi connectivity index (χ2n) is 7.33. The van der Waals surface area contributed by atoms with E-state index in [1.54, 1.807) is 22.7 Å². The Labute approximate surface area is 155 Å². The van der Waals surface area contributed by atoms with Crippen molar-refractivity contribution in [2.45, 2.75) is 33.2 Å². The van der Waals surface area contributed by atoms with Gasteiger partial charge in [0, 0.05) is 28.9 Å². The van der Waals surface area contributed by atoms with E-state index in [1.807, 2.05) is 11.4 Å². The molecule has 0 spiro atoms. The minimum absolute atomic E-state index is 0.0189. The number of hydrogen-bond acceptors (Lipinski definition) is 5. The molecule has 3 aromatic heterocycles. The van der Waals surface area contributed by atoms with Gasteiger partial charge in [0.05, 0.1) is 11.4 Å². The van der Waals surface area contributed by atoms with Crippen LogP contribution >= 0.6 is 22.7 Å². The van der Waals surface area contributed by atoms with Gasteiger partial charge in [-0.25, -0.2) is 4.98 Å². The number of likely N-dealkylation sites (tertiary alicyclic amines) is 1. The van der Waals surface area contributed by atoms with E-state index in [-0.39, 0.29) is 11.6 Å². The third-order valence-corrected chi connectivity index (χ3v) is 6.86. The smallest absolute Gasteiger partial charge is 0.260 e. The minimum atomic E-state index is -0.0189. The van der Waals surface area contributed by atoms with Gasteiger partial charge in [0.2, 0.25) is 0 Å². The molecule has 132 valence electrons. The molecule has 1 N–H and O–H groups in total. The Morgan fingerprint density at radius 2 is 2.04 bits per heavy atom. The maximum atomic E-state index is 12.8. The van der Waals surface area contributed by atoms with Gasteiger partial charge >= 0.3 is 0 Å². The molecule has 3 atom stereocenters. The van der Waals surface area contributed by atoms with Gasteiger partial charge in [0.25, 0.3) is 5.56 Å². The molecule has 25 heavy (non-hydrogen) atoms. The second kappa shape index (κ2) is 6.67. The van der Waals surface area contributed by atoms with Crippen LogP contribution in [0.2, 0.25) is 0 Å². The van der Waals surface area contributed by atoms with Crippen molar-refractivity contribution in [2.75, 3.05) is 13.1 Å². The molecule has 0 aliphatic carbocycles. The summed E-state index contributed by atoms with van der Waals surface area (Å²) in [7, 11) is 0. The largest absolute Gasteiger partial charge is 0.309 e.